The molecule has 0 spiro atoms. The van der Waals surface area contributed by atoms with E-state index in [0.29, 0.717) is 17.4 Å². The van der Waals surface area contributed by atoms with Crippen molar-refractivity contribution in [3.8, 4) is 11.5 Å². The van der Waals surface area contributed by atoms with Gasteiger partial charge in [0.25, 0.3) is 5.89 Å². The second-order valence-corrected chi connectivity index (χ2v) is 5.79. The molecular weight excluding hydrogens is 304 g/mol. The molecule has 3 aromatic rings. The molecule has 0 unspecified atom stereocenters. The fraction of sp³-hybridized carbons (Fsp3) is 0.429. The average molecular weight is 321 g/mol. The zero-order chi connectivity index (χ0) is 14.6. The first-order valence-electron chi connectivity index (χ1n) is 7.03. The maximum Gasteiger partial charge on any atom is 0.258 e. The van der Waals surface area contributed by atoms with Crippen LogP contribution in [0.15, 0.2) is 10.6 Å². The van der Waals surface area contributed by atoms with Crippen molar-refractivity contribution in [2.45, 2.75) is 38.6 Å². The van der Waals surface area contributed by atoms with Crippen molar-refractivity contribution in [3.05, 3.63) is 23.3 Å². The Kier molecular flexibility index (Phi) is 3.41. The number of hydrogen-bond acceptors (Lipinski definition) is 6. The number of nitrogens with two attached hydrogens (primary N) is 1. The Labute approximate surface area is 133 Å². The van der Waals surface area contributed by atoms with Crippen LogP contribution in [-0.2, 0) is 5.54 Å². The number of rotatable bonds is 2. The second-order valence-electron chi connectivity index (χ2n) is 5.79. The van der Waals surface area contributed by atoms with Crippen LogP contribution in [0.25, 0.3) is 22.5 Å². The summed E-state index contributed by atoms with van der Waals surface area (Å²) in [7, 11) is 0. The van der Waals surface area contributed by atoms with Crippen LogP contribution in [0.4, 0.5) is 0 Å². The van der Waals surface area contributed by atoms with Gasteiger partial charge in [0, 0.05) is 11.4 Å². The quantitative estimate of drug-likeness (QED) is 0.750. The van der Waals surface area contributed by atoms with Crippen molar-refractivity contribution < 1.29 is 4.52 Å². The first kappa shape index (κ1) is 14.9. The Morgan fingerprint density at radius 1 is 1.27 bits per heavy atom. The van der Waals surface area contributed by atoms with Crippen LogP contribution in [0.1, 0.15) is 36.5 Å². The Morgan fingerprint density at radius 3 is 2.73 bits per heavy atom. The highest BCUT2D eigenvalue weighted by atomic mass is 35.5. The Bertz CT molecular complexity index is 835. The first-order valence-corrected chi connectivity index (χ1v) is 7.03. The van der Waals surface area contributed by atoms with Crippen LogP contribution in [0.5, 0.6) is 0 Å². The zero-order valence-electron chi connectivity index (χ0n) is 12.4. The van der Waals surface area contributed by atoms with E-state index in [-0.39, 0.29) is 12.4 Å². The third-order valence-corrected chi connectivity index (χ3v) is 4.18. The molecule has 1 aliphatic rings. The highest BCUT2D eigenvalue weighted by molar-refractivity contribution is 5.92. The Hall–Kier alpha value is -1.99. The number of hydrogen-bond donors (Lipinski definition) is 2. The molecule has 1 saturated carbocycles. The number of aromatic amines is 1. The number of nitrogens with zero attached hydrogens (tertiary/aromatic N) is 4. The molecule has 0 saturated heterocycles. The number of fused-ring (bicyclic) bond motifs is 1. The molecule has 0 aromatic carbocycles. The lowest BCUT2D eigenvalue weighted by Gasteiger charge is -2.34. The second kappa shape index (κ2) is 5.03. The summed E-state index contributed by atoms with van der Waals surface area (Å²) in [6.07, 6.45) is 2.92. The van der Waals surface area contributed by atoms with E-state index in [9.17, 15) is 0 Å². The minimum atomic E-state index is -0.422. The standard InChI is InChI=1S/C14H16N6O.ClH/c1-7-6-9(10-8(2)18-19-11(10)16-7)12-17-13(20-21-12)14(15)4-3-5-14;/h6H,3-5,15H2,1-2H3,(H,16,18,19);1H. The highest BCUT2D eigenvalue weighted by Crippen LogP contribution is 2.38. The number of nitrogens with one attached hydrogen (secondary N) is 1. The smallest absolute Gasteiger partial charge is 0.258 e. The van der Waals surface area contributed by atoms with Crippen molar-refractivity contribution in [2.24, 2.45) is 5.73 Å². The van der Waals surface area contributed by atoms with Gasteiger partial charge in [-0.2, -0.15) is 10.1 Å². The van der Waals surface area contributed by atoms with E-state index in [0.717, 1.165) is 41.6 Å². The van der Waals surface area contributed by atoms with Gasteiger partial charge in [0.2, 0.25) is 0 Å². The molecule has 0 radical (unpaired) electrons. The molecule has 4 rings (SSSR count). The molecule has 3 N–H and O–H groups in total. The summed E-state index contributed by atoms with van der Waals surface area (Å²) in [4.78, 5) is 8.92. The molecule has 116 valence electrons. The third kappa shape index (κ3) is 2.08. The number of aromatic nitrogens is 5. The van der Waals surface area contributed by atoms with E-state index in [1.807, 2.05) is 19.9 Å². The lowest BCUT2D eigenvalue weighted by Crippen LogP contribution is -2.44. The van der Waals surface area contributed by atoms with Gasteiger partial charge in [-0.05, 0) is 39.2 Å². The van der Waals surface area contributed by atoms with Gasteiger partial charge in [0.05, 0.1) is 16.5 Å². The summed E-state index contributed by atoms with van der Waals surface area (Å²) in [5.41, 5.74) is 9.13. The molecule has 7 nitrogen and oxygen atoms in total. The van der Waals surface area contributed by atoms with Gasteiger partial charge in [0.1, 0.15) is 0 Å². The zero-order valence-corrected chi connectivity index (χ0v) is 13.2. The van der Waals surface area contributed by atoms with E-state index in [1.165, 1.54) is 0 Å². The van der Waals surface area contributed by atoms with Crippen LogP contribution >= 0.6 is 12.4 Å². The van der Waals surface area contributed by atoms with Crippen molar-refractivity contribution >= 4 is 23.4 Å². The summed E-state index contributed by atoms with van der Waals surface area (Å²) in [6.45, 7) is 3.87. The van der Waals surface area contributed by atoms with E-state index in [2.05, 4.69) is 25.3 Å². The molecular formula is C14H17ClN6O. The van der Waals surface area contributed by atoms with Gasteiger partial charge in [-0.3, -0.25) is 5.10 Å². The van der Waals surface area contributed by atoms with E-state index in [1.54, 1.807) is 0 Å². The van der Waals surface area contributed by atoms with Gasteiger partial charge in [-0.15, -0.1) is 12.4 Å². The molecule has 22 heavy (non-hydrogen) atoms. The van der Waals surface area contributed by atoms with E-state index in [4.69, 9.17) is 10.3 Å². The maximum atomic E-state index is 6.25. The molecule has 1 fully saturated rings. The van der Waals surface area contributed by atoms with Crippen LogP contribution in [-0.4, -0.2) is 25.3 Å². The van der Waals surface area contributed by atoms with Crippen LogP contribution in [0.2, 0.25) is 0 Å². The van der Waals surface area contributed by atoms with Gasteiger partial charge < -0.3 is 10.3 Å². The lowest BCUT2D eigenvalue weighted by atomic mass is 9.77. The minimum Gasteiger partial charge on any atom is -0.334 e. The number of H-pyrrole nitrogens is 1. The SMILES string of the molecule is Cc1cc(-c2nc(C3(N)CCC3)no2)c2c(C)[nH]nc2n1.Cl. The summed E-state index contributed by atoms with van der Waals surface area (Å²) < 4.78 is 5.45. The molecule has 0 aliphatic heterocycles. The first-order chi connectivity index (χ1) is 10.1. The Balaban J connectivity index is 0.00000144. The summed E-state index contributed by atoms with van der Waals surface area (Å²) >= 11 is 0. The predicted octanol–water partition coefficient (Wildman–Crippen LogP) is 2.38. The van der Waals surface area contributed by atoms with Gasteiger partial charge in [0.15, 0.2) is 11.5 Å². The largest absolute Gasteiger partial charge is 0.334 e. The average Bonchev–Trinajstić information content (AvgIpc) is 3.03. The van der Waals surface area contributed by atoms with Crippen LogP contribution in [0.3, 0.4) is 0 Å². The number of aryl methyl sites for hydroxylation is 2. The molecule has 3 heterocycles. The van der Waals surface area contributed by atoms with Crippen LogP contribution in [0, 0.1) is 13.8 Å². The minimum absolute atomic E-state index is 0. The third-order valence-electron chi connectivity index (χ3n) is 4.18. The maximum absolute atomic E-state index is 6.25. The molecule has 1 aliphatic carbocycles. The van der Waals surface area contributed by atoms with E-state index >= 15 is 0 Å². The predicted molar refractivity (Wildman–Crippen MR) is 83.6 cm³/mol. The topological polar surface area (TPSA) is 107 Å². The fourth-order valence-corrected chi connectivity index (χ4v) is 2.79. The normalized spacial score (nSPS) is 16.3. The van der Waals surface area contributed by atoms with Gasteiger partial charge >= 0.3 is 0 Å². The van der Waals surface area contributed by atoms with Crippen LogP contribution < -0.4 is 5.73 Å². The molecule has 3 aromatic heterocycles. The van der Waals surface area contributed by atoms with Gasteiger partial charge in [-0.25, -0.2) is 4.98 Å². The monoisotopic (exact) mass is 320 g/mol. The highest BCUT2D eigenvalue weighted by Gasteiger charge is 2.39. The van der Waals surface area contributed by atoms with Crippen molar-refractivity contribution in [3.63, 3.8) is 0 Å². The Morgan fingerprint density at radius 2 is 2.05 bits per heavy atom. The lowest BCUT2D eigenvalue weighted by molar-refractivity contribution is 0.229. The number of pyridine rings is 1. The van der Waals surface area contributed by atoms with Crippen molar-refractivity contribution in [1.82, 2.24) is 25.3 Å². The van der Waals surface area contributed by atoms with Gasteiger partial charge in [-0.1, -0.05) is 5.16 Å². The van der Waals surface area contributed by atoms with E-state index < -0.39 is 5.54 Å². The fourth-order valence-electron chi connectivity index (χ4n) is 2.79. The van der Waals surface area contributed by atoms with Crippen molar-refractivity contribution in [1.29, 1.82) is 0 Å². The molecule has 8 heteroatoms. The summed E-state index contributed by atoms with van der Waals surface area (Å²) in [5, 5.41) is 12.1. The molecule has 0 atom stereocenters. The summed E-state index contributed by atoms with van der Waals surface area (Å²) in [6, 6.07) is 1.94. The number of halogens is 1. The summed E-state index contributed by atoms with van der Waals surface area (Å²) in [5.74, 6) is 1.06. The molecule has 0 amide bonds. The molecule has 0 bridgehead atoms. The van der Waals surface area contributed by atoms with Crippen molar-refractivity contribution in [2.75, 3.05) is 0 Å².